The molecule has 0 saturated heterocycles. The third-order valence-electron chi connectivity index (χ3n) is 3.94. The molecule has 1 atom stereocenters. The van der Waals surface area contributed by atoms with Gasteiger partial charge in [0.15, 0.2) is 0 Å². The Bertz CT molecular complexity index is 665. The second-order valence-electron chi connectivity index (χ2n) is 5.74. The van der Waals surface area contributed by atoms with E-state index in [1.807, 2.05) is 19.1 Å². The average molecular weight is 333 g/mol. The van der Waals surface area contributed by atoms with E-state index in [1.54, 1.807) is 11.3 Å². The molecule has 4 nitrogen and oxygen atoms in total. The van der Waals surface area contributed by atoms with Crippen LogP contribution in [-0.4, -0.2) is 23.5 Å². The molecule has 2 aromatic rings. The Kier molecular flexibility index (Phi) is 6.59. The fourth-order valence-electron chi connectivity index (χ4n) is 2.65. The van der Waals surface area contributed by atoms with Crippen molar-refractivity contribution in [2.24, 2.45) is 5.92 Å². The summed E-state index contributed by atoms with van der Waals surface area (Å²) in [4.78, 5) is 22.9. The number of hydrogen-bond acceptors (Lipinski definition) is 3. The first-order chi connectivity index (χ1) is 11.1. The molecule has 124 valence electrons. The van der Waals surface area contributed by atoms with Crippen molar-refractivity contribution in [2.75, 3.05) is 6.54 Å². The number of hydrogen-bond donors (Lipinski definition) is 2. The molecule has 1 amide bonds. The summed E-state index contributed by atoms with van der Waals surface area (Å²) in [5.74, 6) is -1.38. The smallest absolute Gasteiger partial charge is 0.308 e. The number of carboxylic acids is 1. The van der Waals surface area contributed by atoms with Gasteiger partial charge in [0.1, 0.15) is 0 Å². The molecule has 1 aromatic heterocycles. The third kappa shape index (κ3) is 5.06. The molecule has 2 rings (SSSR count). The molecule has 0 aliphatic rings. The number of benzene rings is 1. The Morgan fingerprint density at radius 1 is 1.30 bits per heavy atom. The lowest BCUT2D eigenvalue weighted by atomic mass is 10.0. The van der Waals surface area contributed by atoms with Crippen LogP contribution in [0, 0.1) is 5.92 Å². The summed E-state index contributed by atoms with van der Waals surface area (Å²) < 4.78 is 1.27. The largest absolute Gasteiger partial charge is 0.481 e. The van der Waals surface area contributed by atoms with Crippen LogP contribution in [0.4, 0.5) is 0 Å². The quantitative estimate of drug-likeness (QED) is 0.732. The van der Waals surface area contributed by atoms with Crippen LogP contribution in [0.5, 0.6) is 0 Å². The van der Waals surface area contributed by atoms with Gasteiger partial charge in [0, 0.05) is 17.7 Å². The number of aliphatic carboxylic acids is 1. The monoisotopic (exact) mass is 333 g/mol. The second-order valence-corrected chi connectivity index (χ2v) is 6.65. The van der Waals surface area contributed by atoms with Gasteiger partial charge in [-0.15, -0.1) is 11.3 Å². The van der Waals surface area contributed by atoms with E-state index < -0.39 is 11.9 Å². The molecule has 0 fully saturated rings. The first-order valence-electron chi connectivity index (χ1n) is 8.06. The van der Waals surface area contributed by atoms with E-state index in [1.165, 1.54) is 15.6 Å². The van der Waals surface area contributed by atoms with E-state index in [-0.39, 0.29) is 12.5 Å². The number of carbonyl (C=O) groups excluding carboxylic acids is 1. The maximum atomic E-state index is 11.9. The molecule has 0 aliphatic heterocycles. The van der Waals surface area contributed by atoms with Crippen molar-refractivity contribution in [3.63, 3.8) is 0 Å². The molecule has 0 spiro atoms. The van der Waals surface area contributed by atoms with Gasteiger partial charge < -0.3 is 10.4 Å². The summed E-state index contributed by atoms with van der Waals surface area (Å²) in [6.45, 7) is 2.17. The zero-order chi connectivity index (χ0) is 16.7. The fraction of sp³-hybridized carbons (Fsp3) is 0.444. The molecule has 5 heteroatoms. The summed E-state index contributed by atoms with van der Waals surface area (Å²) in [6, 6.07) is 8.29. The Balaban J connectivity index is 1.75. The standard InChI is InChI=1S/C18H23NO3S/c1-2-6-13(18(21)22)11-19-17(20)10-5-7-14-12-23-16-9-4-3-8-15(14)16/h3-4,8-9,12-13H,2,5-7,10-11H2,1H3,(H,19,20)(H,21,22). The van der Waals surface area contributed by atoms with Gasteiger partial charge in [-0.1, -0.05) is 31.5 Å². The lowest BCUT2D eigenvalue weighted by Gasteiger charge is -2.12. The van der Waals surface area contributed by atoms with Crippen molar-refractivity contribution in [1.82, 2.24) is 5.32 Å². The minimum atomic E-state index is -0.836. The molecule has 0 aliphatic carbocycles. The minimum Gasteiger partial charge on any atom is -0.481 e. The molecular formula is C18H23NO3S. The van der Waals surface area contributed by atoms with Gasteiger partial charge in [-0.25, -0.2) is 0 Å². The predicted octanol–water partition coefficient (Wildman–Crippen LogP) is 3.84. The van der Waals surface area contributed by atoms with E-state index in [4.69, 9.17) is 5.11 Å². The highest BCUT2D eigenvalue weighted by atomic mass is 32.1. The molecule has 1 unspecified atom stereocenters. The Labute approximate surface area is 140 Å². The first-order valence-corrected chi connectivity index (χ1v) is 8.94. The molecular weight excluding hydrogens is 310 g/mol. The van der Waals surface area contributed by atoms with Crippen LogP contribution in [0.1, 0.15) is 38.2 Å². The Morgan fingerprint density at radius 3 is 2.83 bits per heavy atom. The number of aryl methyl sites for hydroxylation is 1. The third-order valence-corrected chi connectivity index (χ3v) is 4.96. The van der Waals surface area contributed by atoms with Crippen molar-refractivity contribution in [2.45, 2.75) is 39.0 Å². The summed E-state index contributed by atoms with van der Waals surface area (Å²) in [5, 5.41) is 15.2. The van der Waals surface area contributed by atoms with Gasteiger partial charge in [0.2, 0.25) is 5.91 Å². The number of amides is 1. The Morgan fingerprint density at radius 2 is 2.09 bits per heavy atom. The number of carbonyl (C=O) groups is 2. The van der Waals surface area contributed by atoms with Gasteiger partial charge in [0.25, 0.3) is 0 Å². The molecule has 1 heterocycles. The number of thiophene rings is 1. The second kappa shape index (κ2) is 8.67. The fourth-order valence-corrected chi connectivity index (χ4v) is 3.65. The first kappa shape index (κ1) is 17.5. The van der Waals surface area contributed by atoms with Gasteiger partial charge in [-0.05, 0) is 41.7 Å². The highest BCUT2D eigenvalue weighted by Gasteiger charge is 2.17. The average Bonchev–Trinajstić information content (AvgIpc) is 2.94. The number of fused-ring (bicyclic) bond motifs is 1. The van der Waals surface area contributed by atoms with Crippen LogP contribution < -0.4 is 5.32 Å². The maximum absolute atomic E-state index is 11.9. The van der Waals surface area contributed by atoms with E-state index in [0.717, 1.165) is 19.3 Å². The number of rotatable bonds is 9. The maximum Gasteiger partial charge on any atom is 0.308 e. The number of nitrogens with one attached hydrogen (secondary N) is 1. The normalized spacial score (nSPS) is 12.2. The minimum absolute atomic E-state index is 0.0631. The Hall–Kier alpha value is -1.88. The zero-order valence-corrected chi connectivity index (χ0v) is 14.2. The van der Waals surface area contributed by atoms with Gasteiger partial charge in [-0.2, -0.15) is 0 Å². The van der Waals surface area contributed by atoms with Crippen LogP contribution in [0.25, 0.3) is 10.1 Å². The van der Waals surface area contributed by atoms with E-state index in [2.05, 4.69) is 22.8 Å². The van der Waals surface area contributed by atoms with Crippen molar-refractivity contribution in [1.29, 1.82) is 0 Å². The van der Waals surface area contributed by atoms with Crippen LogP contribution in [0.2, 0.25) is 0 Å². The molecule has 0 radical (unpaired) electrons. The molecule has 0 bridgehead atoms. The van der Waals surface area contributed by atoms with E-state index in [0.29, 0.717) is 12.8 Å². The van der Waals surface area contributed by atoms with Crippen LogP contribution >= 0.6 is 11.3 Å². The highest BCUT2D eigenvalue weighted by Crippen LogP contribution is 2.26. The van der Waals surface area contributed by atoms with Gasteiger partial charge >= 0.3 is 5.97 Å². The van der Waals surface area contributed by atoms with E-state index >= 15 is 0 Å². The summed E-state index contributed by atoms with van der Waals surface area (Å²) in [5.41, 5.74) is 1.28. The van der Waals surface area contributed by atoms with Crippen molar-refractivity contribution < 1.29 is 14.7 Å². The lowest BCUT2D eigenvalue weighted by molar-refractivity contribution is -0.141. The summed E-state index contributed by atoms with van der Waals surface area (Å²) in [7, 11) is 0. The van der Waals surface area contributed by atoms with Crippen LogP contribution in [0.15, 0.2) is 29.6 Å². The molecule has 2 N–H and O–H groups in total. The van der Waals surface area contributed by atoms with Crippen LogP contribution in [0.3, 0.4) is 0 Å². The van der Waals surface area contributed by atoms with E-state index in [9.17, 15) is 9.59 Å². The van der Waals surface area contributed by atoms with Gasteiger partial charge in [0.05, 0.1) is 5.92 Å². The molecule has 1 aromatic carbocycles. The zero-order valence-electron chi connectivity index (χ0n) is 13.4. The van der Waals surface area contributed by atoms with Crippen LogP contribution in [-0.2, 0) is 16.0 Å². The topological polar surface area (TPSA) is 66.4 Å². The van der Waals surface area contributed by atoms with Crippen molar-refractivity contribution >= 4 is 33.3 Å². The summed E-state index contributed by atoms with van der Waals surface area (Å²) in [6.07, 6.45) is 3.48. The lowest BCUT2D eigenvalue weighted by Crippen LogP contribution is -2.32. The predicted molar refractivity (Wildman–Crippen MR) is 93.8 cm³/mol. The van der Waals surface area contributed by atoms with Crippen molar-refractivity contribution in [3.8, 4) is 0 Å². The SMILES string of the molecule is CCCC(CNC(=O)CCCc1csc2ccccc12)C(=O)O. The molecule has 0 saturated carbocycles. The summed E-state index contributed by atoms with van der Waals surface area (Å²) >= 11 is 1.73. The van der Waals surface area contributed by atoms with Gasteiger partial charge in [-0.3, -0.25) is 9.59 Å². The number of carboxylic acid groups (broad SMARTS) is 1. The molecule has 23 heavy (non-hydrogen) atoms. The van der Waals surface area contributed by atoms with Crippen molar-refractivity contribution in [3.05, 3.63) is 35.2 Å². The highest BCUT2D eigenvalue weighted by molar-refractivity contribution is 7.17.